The fourth-order valence-electron chi connectivity index (χ4n) is 2.72. The second-order valence-electron chi connectivity index (χ2n) is 5.47. The van der Waals surface area contributed by atoms with Crippen molar-refractivity contribution in [1.29, 1.82) is 0 Å². The Bertz CT molecular complexity index is 664. The molecular weight excluding hydrogens is 266 g/mol. The molecular formula is C16H18N3O2. The molecule has 21 heavy (non-hydrogen) atoms. The van der Waals surface area contributed by atoms with Crippen molar-refractivity contribution >= 4 is 22.5 Å². The molecule has 5 nitrogen and oxygen atoms in total. The lowest BCUT2D eigenvalue weighted by molar-refractivity contribution is 0.0996. The van der Waals surface area contributed by atoms with Gasteiger partial charge in [0.1, 0.15) is 5.69 Å². The summed E-state index contributed by atoms with van der Waals surface area (Å²) in [6.45, 7) is 2.07. The van der Waals surface area contributed by atoms with Gasteiger partial charge in [-0.25, -0.2) is 4.98 Å². The number of aliphatic hydroxyl groups is 1. The fraction of sp³-hybridized carbons (Fsp3) is 0.375. The first-order chi connectivity index (χ1) is 10.2. The minimum atomic E-state index is -0.518. The number of rotatable bonds is 3. The van der Waals surface area contributed by atoms with Crippen LogP contribution in [0.2, 0.25) is 0 Å². The number of nitrogens with two attached hydrogens (primary N) is 1. The van der Waals surface area contributed by atoms with E-state index in [1.807, 2.05) is 18.2 Å². The number of hydrogen-bond donors (Lipinski definition) is 2. The third-order valence-electron chi connectivity index (χ3n) is 4.07. The van der Waals surface area contributed by atoms with Crippen molar-refractivity contribution < 1.29 is 9.90 Å². The molecule has 3 rings (SSSR count). The van der Waals surface area contributed by atoms with Crippen LogP contribution in [-0.4, -0.2) is 35.7 Å². The number of carbonyl (C=O) groups excluding carboxylic acids is 1. The largest absolute Gasteiger partial charge is 0.396 e. The van der Waals surface area contributed by atoms with Gasteiger partial charge in [-0.05, 0) is 37.0 Å². The second-order valence-corrected chi connectivity index (χ2v) is 5.47. The fourth-order valence-corrected chi connectivity index (χ4v) is 2.72. The quantitative estimate of drug-likeness (QED) is 0.891. The van der Waals surface area contributed by atoms with Gasteiger partial charge in [-0.3, -0.25) is 4.79 Å². The Balaban J connectivity index is 1.88. The van der Waals surface area contributed by atoms with Crippen molar-refractivity contribution in [3.05, 3.63) is 36.0 Å². The molecule has 1 aromatic heterocycles. The Morgan fingerprint density at radius 2 is 2.19 bits per heavy atom. The summed E-state index contributed by atoms with van der Waals surface area (Å²) in [7, 11) is 0. The molecule has 1 fully saturated rings. The molecule has 1 radical (unpaired) electrons. The molecule has 0 saturated carbocycles. The summed E-state index contributed by atoms with van der Waals surface area (Å²) in [4.78, 5) is 17.8. The molecule has 1 saturated heterocycles. The number of benzene rings is 1. The van der Waals surface area contributed by atoms with Crippen LogP contribution in [0.15, 0.2) is 24.3 Å². The summed E-state index contributed by atoms with van der Waals surface area (Å²) in [6, 6.07) is 10.6. The number of hydrogen-bond acceptors (Lipinski definition) is 4. The number of fused-ring (bicyclic) bond motifs is 1. The predicted octanol–water partition coefficient (Wildman–Crippen LogP) is 1.34. The maximum atomic E-state index is 11.2. The number of nitrogens with zero attached hydrogens (tertiary/aromatic N) is 2. The lowest BCUT2D eigenvalue weighted by Crippen LogP contribution is -2.34. The van der Waals surface area contributed by atoms with E-state index in [0.717, 1.165) is 42.5 Å². The van der Waals surface area contributed by atoms with Crippen molar-refractivity contribution in [2.24, 2.45) is 11.7 Å². The molecule has 109 valence electrons. The van der Waals surface area contributed by atoms with Gasteiger partial charge in [0.2, 0.25) is 0 Å². The van der Waals surface area contributed by atoms with Crippen LogP contribution >= 0.6 is 0 Å². The lowest BCUT2D eigenvalue weighted by Gasteiger charge is -2.32. The number of pyridine rings is 1. The molecule has 1 amide bonds. The standard InChI is InChI=1S/C16H18N3O2/c17-16(21)14-4-2-12-1-3-13(9-15(12)18-14)19-7-5-11(10-20)6-8-19/h1-2,4,9,11,20H,5-8,10H2,(H2,17,21). The number of carbonyl (C=O) groups is 1. The number of amides is 1. The van der Waals surface area contributed by atoms with E-state index in [1.54, 1.807) is 6.07 Å². The zero-order valence-corrected chi connectivity index (χ0v) is 11.7. The number of aliphatic hydroxyl groups excluding tert-OH is 1. The van der Waals surface area contributed by atoms with Crippen molar-refractivity contribution in [2.75, 3.05) is 24.6 Å². The number of anilines is 1. The van der Waals surface area contributed by atoms with E-state index in [2.05, 4.69) is 16.0 Å². The van der Waals surface area contributed by atoms with Crippen LogP contribution in [0.25, 0.3) is 10.9 Å². The van der Waals surface area contributed by atoms with Crippen LogP contribution < -0.4 is 10.6 Å². The Hall–Kier alpha value is -2.14. The van der Waals surface area contributed by atoms with E-state index < -0.39 is 5.91 Å². The number of primary amides is 1. The molecule has 0 bridgehead atoms. The summed E-state index contributed by atoms with van der Waals surface area (Å²) in [5.74, 6) is -0.115. The van der Waals surface area contributed by atoms with Crippen LogP contribution in [-0.2, 0) is 0 Å². The topological polar surface area (TPSA) is 79.5 Å². The molecule has 1 aliphatic heterocycles. The van der Waals surface area contributed by atoms with E-state index in [1.165, 1.54) is 0 Å². The average Bonchev–Trinajstić information content (AvgIpc) is 2.54. The second kappa shape index (κ2) is 5.69. The Morgan fingerprint density at radius 1 is 1.43 bits per heavy atom. The highest BCUT2D eigenvalue weighted by Crippen LogP contribution is 2.25. The number of piperidine rings is 1. The van der Waals surface area contributed by atoms with Gasteiger partial charge in [-0.1, -0.05) is 6.07 Å². The maximum Gasteiger partial charge on any atom is 0.267 e. The third kappa shape index (κ3) is 2.83. The monoisotopic (exact) mass is 284 g/mol. The molecule has 1 aromatic carbocycles. The van der Waals surface area contributed by atoms with Gasteiger partial charge in [0.15, 0.2) is 0 Å². The molecule has 2 heterocycles. The summed E-state index contributed by atoms with van der Waals surface area (Å²) in [5, 5.41) is 10.1. The summed E-state index contributed by atoms with van der Waals surface area (Å²) in [6.07, 6.45) is 1.97. The van der Waals surface area contributed by atoms with E-state index in [0.29, 0.717) is 5.92 Å². The molecule has 0 spiro atoms. The molecule has 0 unspecified atom stereocenters. The van der Waals surface area contributed by atoms with Crippen molar-refractivity contribution in [3.8, 4) is 0 Å². The van der Waals surface area contributed by atoms with Gasteiger partial charge < -0.3 is 15.7 Å². The molecule has 0 aliphatic carbocycles. The Morgan fingerprint density at radius 3 is 2.86 bits per heavy atom. The summed E-state index contributed by atoms with van der Waals surface area (Å²) >= 11 is 0. The van der Waals surface area contributed by atoms with Crippen LogP contribution in [0.1, 0.15) is 23.3 Å². The molecule has 2 aromatic rings. The predicted molar refractivity (Wildman–Crippen MR) is 81.1 cm³/mol. The van der Waals surface area contributed by atoms with E-state index in [4.69, 9.17) is 5.73 Å². The van der Waals surface area contributed by atoms with Crippen LogP contribution in [0.3, 0.4) is 0 Å². The highest BCUT2D eigenvalue weighted by molar-refractivity contribution is 5.94. The van der Waals surface area contributed by atoms with Gasteiger partial charge in [0.05, 0.1) is 5.52 Å². The maximum absolute atomic E-state index is 11.2. The third-order valence-corrected chi connectivity index (χ3v) is 4.07. The normalized spacial score (nSPS) is 16.3. The van der Waals surface area contributed by atoms with E-state index in [-0.39, 0.29) is 12.3 Å². The average molecular weight is 284 g/mol. The van der Waals surface area contributed by atoms with Gasteiger partial charge in [-0.15, -0.1) is 0 Å². The first-order valence-electron chi connectivity index (χ1n) is 7.15. The van der Waals surface area contributed by atoms with Gasteiger partial charge in [0.25, 0.3) is 5.91 Å². The van der Waals surface area contributed by atoms with Crippen LogP contribution in [0.5, 0.6) is 0 Å². The highest BCUT2D eigenvalue weighted by Gasteiger charge is 2.19. The molecule has 0 atom stereocenters. The van der Waals surface area contributed by atoms with Gasteiger partial charge in [0, 0.05) is 36.8 Å². The van der Waals surface area contributed by atoms with Crippen molar-refractivity contribution in [2.45, 2.75) is 12.8 Å². The summed E-state index contributed by atoms with van der Waals surface area (Å²) < 4.78 is 0. The SMILES string of the molecule is NC(=O)c1ccc2c[c]c(N3CCC(CO)CC3)cc2n1. The smallest absolute Gasteiger partial charge is 0.267 e. The summed E-state index contributed by atoms with van der Waals surface area (Å²) in [5.41, 5.74) is 7.28. The molecule has 3 N–H and O–H groups in total. The van der Waals surface area contributed by atoms with Crippen molar-refractivity contribution in [1.82, 2.24) is 4.98 Å². The van der Waals surface area contributed by atoms with E-state index >= 15 is 0 Å². The lowest BCUT2D eigenvalue weighted by atomic mass is 9.97. The van der Waals surface area contributed by atoms with E-state index in [9.17, 15) is 9.90 Å². The molecule has 5 heteroatoms. The first-order valence-corrected chi connectivity index (χ1v) is 7.15. The zero-order valence-electron chi connectivity index (χ0n) is 11.7. The molecule has 1 aliphatic rings. The van der Waals surface area contributed by atoms with Crippen molar-refractivity contribution in [3.63, 3.8) is 0 Å². The van der Waals surface area contributed by atoms with Gasteiger partial charge >= 0.3 is 0 Å². The van der Waals surface area contributed by atoms with Crippen LogP contribution in [0, 0.1) is 12.0 Å². The number of aromatic nitrogens is 1. The zero-order chi connectivity index (χ0) is 14.8. The minimum absolute atomic E-state index is 0.263. The minimum Gasteiger partial charge on any atom is -0.396 e. The first kappa shape index (κ1) is 13.8. The Kier molecular flexibility index (Phi) is 3.75. The Labute approximate surface area is 123 Å². The van der Waals surface area contributed by atoms with Gasteiger partial charge in [-0.2, -0.15) is 0 Å². The highest BCUT2D eigenvalue weighted by atomic mass is 16.3. The van der Waals surface area contributed by atoms with Crippen LogP contribution in [0.4, 0.5) is 5.69 Å².